The Balaban J connectivity index is 1.59. The molecule has 7 heteroatoms. The second-order valence-electron chi connectivity index (χ2n) is 8.44. The highest BCUT2D eigenvalue weighted by Gasteiger charge is 2.56. The molecule has 4 amide bonds. The molecular formula is C19H27N3O3S. The molecule has 1 saturated carbocycles. The van der Waals surface area contributed by atoms with Crippen molar-refractivity contribution in [1.29, 1.82) is 0 Å². The van der Waals surface area contributed by atoms with Gasteiger partial charge in [-0.15, -0.1) is 11.3 Å². The van der Waals surface area contributed by atoms with Crippen molar-refractivity contribution < 1.29 is 14.4 Å². The average molecular weight is 378 g/mol. The van der Waals surface area contributed by atoms with Crippen LogP contribution in [-0.2, 0) is 16.0 Å². The Labute approximate surface area is 158 Å². The molecular weight excluding hydrogens is 350 g/mol. The Hall–Kier alpha value is -1.89. The molecule has 0 aromatic carbocycles. The summed E-state index contributed by atoms with van der Waals surface area (Å²) in [6.45, 7) is 6.65. The average Bonchev–Trinajstić information content (AvgIpc) is 3.09. The molecule has 1 spiro atoms. The molecule has 0 unspecified atom stereocenters. The predicted molar refractivity (Wildman–Crippen MR) is 101 cm³/mol. The van der Waals surface area contributed by atoms with Crippen molar-refractivity contribution in [2.45, 2.75) is 52.0 Å². The minimum atomic E-state index is -0.852. The standard InChI is InChI=1S/C19H27N3O3S/c1-13-9-18(2,3)12-19(10-13)16(24)22(17(25)21-19)11-15(23)20-7-6-14-5-4-8-26-14/h4-5,8,13H,6-7,9-12H2,1-3H3,(H,20,23)(H,21,25)/t13-,19-/m0/s1. The second kappa shape index (κ2) is 7.02. The topological polar surface area (TPSA) is 78.5 Å². The maximum absolute atomic E-state index is 13.0. The van der Waals surface area contributed by atoms with E-state index in [0.29, 0.717) is 25.3 Å². The highest BCUT2D eigenvalue weighted by atomic mass is 32.1. The van der Waals surface area contributed by atoms with Crippen LogP contribution in [0, 0.1) is 11.3 Å². The molecule has 2 heterocycles. The summed E-state index contributed by atoms with van der Waals surface area (Å²) in [5, 5.41) is 7.69. The Morgan fingerprint density at radius 3 is 2.81 bits per heavy atom. The van der Waals surface area contributed by atoms with Gasteiger partial charge >= 0.3 is 6.03 Å². The lowest BCUT2D eigenvalue weighted by molar-refractivity contribution is -0.137. The number of nitrogens with one attached hydrogen (secondary N) is 2. The molecule has 1 saturated heterocycles. The molecule has 142 valence electrons. The fourth-order valence-electron chi connectivity index (χ4n) is 4.63. The van der Waals surface area contributed by atoms with Gasteiger partial charge < -0.3 is 10.6 Å². The number of thiophene rings is 1. The number of carbonyl (C=O) groups excluding carboxylic acids is 3. The van der Waals surface area contributed by atoms with Crippen molar-refractivity contribution in [3.63, 3.8) is 0 Å². The Bertz CT molecular complexity index is 701. The summed E-state index contributed by atoms with van der Waals surface area (Å²) in [6, 6.07) is 3.54. The Morgan fingerprint density at radius 2 is 2.15 bits per heavy atom. The zero-order valence-electron chi connectivity index (χ0n) is 15.6. The van der Waals surface area contributed by atoms with Crippen molar-refractivity contribution in [2.75, 3.05) is 13.1 Å². The van der Waals surface area contributed by atoms with Gasteiger partial charge in [-0.2, -0.15) is 0 Å². The van der Waals surface area contributed by atoms with Crippen LogP contribution in [0.4, 0.5) is 4.79 Å². The van der Waals surface area contributed by atoms with Crippen LogP contribution in [0.3, 0.4) is 0 Å². The zero-order valence-corrected chi connectivity index (χ0v) is 16.4. The van der Waals surface area contributed by atoms with Gasteiger partial charge in [-0.25, -0.2) is 4.79 Å². The lowest BCUT2D eigenvalue weighted by atomic mass is 9.64. The minimum Gasteiger partial charge on any atom is -0.354 e. The van der Waals surface area contributed by atoms with E-state index in [2.05, 4.69) is 31.4 Å². The molecule has 26 heavy (non-hydrogen) atoms. The second-order valence-corrected chi connectivity index (χ2v) is 9.47. The van der Waals surface area contributed by atoms with E-state index in [9.17, 15) is 14.4 Å². The maximum Gasteiger partial charge on any atom is 0.325 e. The van der Waals surface area contributed by atoms with E-state index in [1.807, 2.05) is 17.5 Å². The molecule has 1 aromatic rings. The van der Waals surface area contributed by atoms with Crippen LogP contribution in [-0.4, -0.2) is 41.4 Å². The van der Waals surface area contributed by atoms with Crippen LogP contribution in [0.2, 0.25) is 0 Å². The van der Waals surface area contributed by atoms with Crippen LogP contribution in [0.1, 0.15) is 44.9 Å². The third-order valence-corrected chi connectivity index (χ3v) is 6.14. The maximum atomic E-state index is 13.0. The largest absolute Gasteiger partial charge is 0.354 e. The molecule has 6 nitrogen and oxygen atoms in total. The third kappa shape index (κ3) is 3.92. The zero-order chi connectivity index (χ0) is 18.9. The number of imide groups is 1. The lowest BCUT2D eigenvalue weighted by Crippen LogP contribution is -2.54. The van der Waals surface area contributed by atoms with Gasteiger partial charge in [0.15, 0.2) is 0 Å². The summed E-state index contributed by atoms with van der Waals surface area (Å²) < 4.78 is 0. The first-order chi connectivity index (χ1) is 12.2. The van der Waals surface area contributed by atoms with E-state index in [4.69, 9.17) is 0 Å². The number of carbonyl (C=O) groups is 3. The van der Waals surface area contributed by atoms with Crippen molar-refractivity contribution in [3.05, 3.63) is 22.4 Å². The van der Waals surface area contributed by atoms with Crippen LogP contribution in [0.5, 0.6) is 0 Å². The number of nitrogens with zero attached hydrogens (tertiary/aromatic N) is 1. The fourth-order valence-corrected chi connectivity index (χ4v) is 5.34. The van der Waals surface area contributed by atoms with Crippen molar-refractivity contribution in [3.8, 4) is 0 Å². The molecule has 0 bridgehead atoms. The van der Waals surface area contributed by atoms with Crippen LogP contribution >= 0.6 is 11.3 Å². The highest BCUT2D eigenvalue weighted by molar-refractivity contribution is 7.09. The van der Waals surface area contributed by atoms with Gasteiger partial charge in [-0.05, 0) is 48.5 Å². The number of hydrogen-bond donors (Lipinski definition) is 2. The monoisotopic (exact) mass is 377 g/mol. The Morgan fingerprint density at radius 1 is 1.38 bits per heavy atom. The quantitative estimate of drug-likeness (QED) is 0.774. The normalized spacial score (nSPS) is 27.7. The van der Waals surface area contributed by atoms with E-state index in [1.165, 1.54) is 4.88 Å². The van der Waals surface area contributed by atoms with E-state index >= 15 is 0 Å². The molecule has 2 atom stereocenters. The van der Waals surface area contributed by atoms with Gasteiger partial charge in [-0.1, -0.05) is 26.8 Å². The molecule has 2 aliphatic rings. The molecule has 3 rings (SSSR count). The fraction of sp³-hybridized carbons (Fsp3) is 0.632. The number of hydrogen-bond acceptors (Lipinski definition) is 4. The Kier molecular flexibility index (Phi) is 5.10. The van der Waals surface area contributed by atoms with E-state index in [-0.39, 0.29) is 23.8 Å². The predicted octanol–water partition coefficient (Wildman–Crippen LogP) is 2.54. The number of amides is 4. The first-order valence-corrected chi connectivity index (χ1v) is 10.0. The first kappa shape index (κ1) is 18.9. The first-order valence-electron chi connectivity index (χ1n) is 9.14. The third-order valence-electron chi connectivity index (χ3n) is 5.20. The van der Waals surface area contributed by atoms with Crippen LogP contribution in [0.15, 0.2) is 17.5 Å². The van der Waals surface area contributed by atoms with Gasteiger partial charge in [0.1, 0.15) is 12.1 Å². The molecule has 1 aromatic heterocycles. The molecule has 1 aliphatic heterocycles. The summed E-state index contributed by atoms with van der Waals surface area (Å²) >= 11 is 1.64. The highest BCUT2D eigenvalue weighted by Crippen LogP contribution is 2.46. The number of urea groups is 1. The molecule has 0 radical (unpaired) electrons. The summed E-state index contributed by atoms with van der Waals surface area (Å²) in [6.07, 6.45) is 3.03. The summed E-state index contributed by atoms with van der Waals surface area (Å²) in [5.41, 5.74) is -0.866. The molecule has 2 N–H and O–H groups in total. The van der Waals surface area contributed by atoms with Crippen LogP contribution in [0.25, 0.3) is 0 Å². The molecule has 2 fully saturated rings. The SMILES string of the molecule is C[C@H]1CC(C)(C)C[C@]2(C1)NC(=O)N(CC(=O)NCCc1cccs1)C2=O. The number of rotatable bonds is 5. The van der Waals surface area contributed by atoms with Crippen molar-refractivity contribution in [2.24, 2.45) is 11.3 Å². The van der Waals surface area contributed by atoms with E-state index < -0.39 is 11.6 Å². The van der Waals surface area contributed by atoms with Gasteiger partial charge in [0.2, 0.25) is 5.91 Å². The summed E-state index contributed by atoms with van der Waals surface area (Å²) in [4.78, 5) is 39.8. The van der Waals surface area contributed by atoms with Crippen molar-refractivity contribution >= 4 is 29.2 Å². The summed E-state index contributed by atoms with van der Waals surface area (Å²) in [5.74, 6) is -0.205. The smallest absolute Gasteiger partial charge is 0.325 e. The van der Waals surface area contributed by atoms with E-state index in [1.54, 1.807) is 11.3 Å². The van der Waals surface area contributed by atoms with Gasteiger partial charge in [-0.3, -0.25) is 14.5 Å². The minimum absolute atomic E-state index is 0.0143. The van der Waals surface area contributed by atoms with Crippen molar-refractivity contribution in [1.82, 2.24) is 15.5 Å². The molecule has 1 aliphatic carbocycles. The van der Waals surface area contributed by atoms with Gasteiger partial charge in [0, 0.05) is 11.4 Å². The lowest BCUT2D eigenvalue weighted by Gasteiger charge is -2.43. The van der Waals surface area contributed by atoms with Gasteiger partial charge in [0.05, 0.1) is 0 Å². The van der Waals surface area contributed by atoms with Crippen LogP contribution < -0.4 is 10.6 Å². The van der Waals surface area contributed by atoms with Gasteiger partial charge in [0.25, 0.3) is 5.91 Å². The van der Waals surface area contributed by atoms with E-state index in [0.717, 1.165) is 17.7 Å². The summed E-state index contributed by atoms with van der Waals surface area (Å²) in [7, 11) is 0.